The second-order valence-corrected chi connectivity index (χ2v) is 11.1. The van der Waals surface area contributed by atoms with Crippen LogP contribution in [0.4, 0.5) is 0 Å². The Balaban J connectivity index is 1.35. The summed E-state index contributed by atoms with van der Waals surface area (Å²) in [5.41, 5.74) is 4.78. The summed E-state index contributed by atoms with van der Waals surface area (Å²) in [6, 6.07) is 13.0. The van der Waals surface area contributed by atoms with Crippen LogP contribution in [-0.2, 0) is 40.3 Å². The highest BCUT2D eigenvalue weighted by Crippen LogP contribution is 2.30. The number of pyridine rings is 1. The van der Waals surface area contributed by atoms with Gasteiger partial charge in [0.25, 0.3) is 5.91 Å². The number of piperazine rings is 1. The molecule has 1 fully saturated rings. The number of halogens is 1. The first-order valence-corrected chi connectivity index (χ1v) is 14.4. The molecule has 1 amide bonds. The normalized spacial score (nSPS) is 16.0. The zero-order chi connectivity index (χ0) is 28.9. The van der Waals surface area contributed by atoms with Crippen LogP contribution in [0.1, 0.15) is 39.7 Å². The second kappa shape index (κ2) is 13.1. The number of aliphatic hydroxyl groups is 1. The minimum Gasteiger partial charge on any atom is -0.461 e. The van der Waals surface area contributed by atoms with Crippen LogP contribution in [-0.4, -0.2) is 94.9 Å². The molecule has 2 aromatic carbocycles. The fourth-order valence-electron chi connectivity index (χ4n) is 5.70. The molecular weight excluding hydrogens is 544 g/mol. The van der Waals surface area contributed by atoms with E-state index in [4.69, 9.17) is 21.3 Å². The average Bonchev–Trinajstić information content (AvgIpc) is 2.95. The van der Waals surface area contributed by atoms with E-state index in [1.807, 2.05) is 29.2 Å². The molecule has 0 aliphatic carbocycles. The number of hydrogen-bond donors (Lipinski definition) is 1. The van der Waals surface area contributed by atoms with E-state index in [1.165, 1.54) is 6.92 Å². The number of carbonyl (C=O) groups excluding carboxylic acids is 3. The minimum absolute atomic E-state index is 0.00860. The van der Waals surface area contributed by atoms with Crippen molar-refractivity contribution in [2.45, 2.75) is 32.9 Å². The van der Waals surface area contributed by atoms with Gasteiger partial charge >= 0.3 is 5.97 Å². The molecule has 1 aromatic heterocycles. The molecule has 41 heavy (non-hydrogen) atoms. The Hall–Kier alpha value is -3.37. The van der Waals surface area contributed by atoms with E-state index in [0.717, 1.165) is 46.4 Å². The van der Waals surface area contributed by atoms with Gasteiger partial charge in [-0.15, -0.1) is 0 Å². The van der Waals surface area contributed by atoms with Crippen molar-refractivity contribution in [3.63, 3.8) is 0 Å². The zero-order valence-electron chi connectivity index (χ0n) is 23.3. The molecule has 0 radical (unpaired) electrons. The van der Waals surface area contributed by atoms with Gasteiger partial charge < -0.3 is 14.7 Å². The van der Waals surface area contributed by atoms with Gasteiger partial charge in [-0.05, 0) is 29.3 Å². The molecule has 2 aliphatic rings. The number of aliphatic hydroxyl groups excluding tert-OH is 1. The summed E-state index contributed by atoms with van der Waals surface area (Å²) in [4.78, 5) is 49.6. The molecular formula is C31H35ClN4O5. The monoisotopic (exact) mass is 578 g/mol. The average molecular weight is 579 g/mol. The van der Waals surface area contributed by atoms with Crippen molar-refractivity contribution in [1.29, 1.82) is 0 Å². The van der Waals surface area contributed by atoms with Gasteiger partial charge in [-0.25, -0.2) is 0 Å². The summed E-state index contributed by atoms with van der Waals surface area (Å²) >= 11 is 6.21. The summed E-state index contributed by atoms with van der Waals surface area (Å²) in [6.07, 6.45) is 0.813. The lowest BCUT2D eigenvalue weighted by Gasteiger charge is -2.36. The Kier molecular flexibility index (Phi) is 9.29. The Morgan fingerprint density at radius 2 is 1.78 bits per heavy atom. The van der Waals surface area contributed by atoms with Crippen LogP contribution in [0.5, 0.6) is 0 Å². The molecule has 0 unspecified atom stereocenters. The summed E-state index contributed by atoms with van der Waals surface area (Å²) in [7, 11) is 0. The molecule has 1 saturated heterocycles. The van der Waals surface area contributed by atoms with Crippen LogP contribution in [0.25, 0.3) is 10.9 Å². The molecule has 0 spiro atoms. The smallest absolute Gasteiger partial charge is 0.302 e. The summed E-state index contributed by atoms with van der Waals surface area (Å²) in [6.45, 7) is 6.14. The van der Waals surface area contributed by atoms with Crippen LogP contribution in [0.15, 0.2) is 42.5 Å². The third-order valence-corrected chi connectivity index (χ3v) is 8.04. The highest BCUT2D eigenvalue weighted by Gasteiger charge is 2.30. The van der Waals surface area contributed by atoms with Crippen molar-refractivity contribution in [3.05, 3.63) is 75.4 Å². The Bertz CT molecular complexity index is 1450. The van der Waals surface area contributed by atoms with Crippen LogP contribution in [0, 0.1) is 0 Å². The third-order valence-electron chi connectivity index (χ3n) is 7.80. The number of ether oxygens (including phenoxy) is 1. The predicted octanol–water partition coefficient (Wildman–Crippen LogP) is 2.87. The van der Waals surface area contributed by atoms with Crippen molar-refractivity contribution in [3.8, 4) is 0 Å². The minimum atomic E-state index is -0.386. The number of carbonyl (C=O) groups is 3. The van der Waals surface area contributed by atoms with Crippen LogP contribution >= 0.6 is 11.6 Å². The zero-order valence-corrected chi connectivity index (χ0v) is 24.0. The fraction of sp³-hybridized carbons (Fsp3) is 0.419. The standard InChI is InChI=1S/C31H35ClN4O5/c1-21(38)41-20-22-6-7-24(32)16-23(22)17-25(39)18-35-9-8-29-27(19-35)30(26-4-2-3-5-28(26)33-29)31(40)36-12-10-34(11-13-36)14-15-37/h2-7,16,37H,8-15,17-20H2,1H3. The lowest BCUT2D eigenvalue weighted by Crippen LogP contribution is -2.49. The number of Topliss-reactive ketones (excluding diaryl/α,β-unsaturated/α-hetero) is 1. The van der Waals surface area contributed by atoms with Gasteiger partial charge in [-0.1, -0.05) is 35.9 Å². The maximum Gasteiger partial charge on any atom is 0.302 e. The molecule has 5 rings (SSSR count). The van der Waals surface area contributed by atoms with Gasteiger partial charge in [0, 0.05) is 87.2 Å². The number of β-amino-alcohol motifs (C(OH)–C–C–N with tert-alkyl or cyclic N) is 1. The number of rotatable bonds is 9. The van der Waals surface area contributed by atoms with Gasteiger partial charge in [0.1, 0.15) is 6.61 Å². The van der Waals surface area contributed by atoms with Crippen molar-refractivity contribution in [1.82, 2.24) is 19.7 Å². The number of hydrogen-bond acceptors (Lipinski definition) is 8. The number of para-hydroxylation sites is 1. The molecule has 0 saturated carbocycles. The highest BCUT2D eigenvalue weighted by atomic mass is 35.5. The molecule has 3 heterocycles. The first kappa shape index (κ1) is 29.1. The number of amides is 1. The first-order chi connectivity index (χ1) is 19.8. The summed E-state index contributed by atoms with van der Waals surface area (Å²) < 4.78 is 5.16. The van der Waals surface area contributed by atoms with E-state index in [9.17, 15) is 19.5 Å². The fourth-order valence-corrected chi connectivity index (χ4v) is 5.89. The maximum atomic E-state index is 14.0. The summed E-state index contributed by atoms with van der Waals surface area (Å²) in [5, 5.41) is 10.6. The number of fused-ring (bicyclic) bond motifs is 2. The Morgan fingerprint density at radius 3 is 2.54 bits per heavy atom. The van der Waals surface area contributed by atoms with E-state index >= 15 is 0 Å². The highest BCUT2D eigenvalue weighted by molar-refractivity contribution is 6.30. The Labute approximate surface area is 244 Å². The number of benzene rings is 2. The van der Waals surface area contributed by atoms with Crippen molar-refractivity contribution < 1.29 is 24.2 Å². The molecule has 0 atom stereocenters. The Morgan fingerprint density at radius 1 is 1.00 bits per heavy atom. The van der Waals surface area contributed by atoms with Crippen LogP contribution in [0.2, 0.25) is 5.02 Å². The van der Waals surface area contributed by atoms with Crippen molar-refractivity contribution in [2.75, 3.05) is 52.4 Å². The number of aromatic nitrogens is 1. The van der Waals surface area contributed by atoms with Crippen LogP contribution in [0.3, 0.4) is 0 Å². The van der Waals surface area contributed by atoms with E-state index in [1.54, 1.807) is 18.2 Å². The molecule has 0 bridgehead atoms. The number of nitrogens with zero attached hydrogens (tertiary/aromatic N) is 4. The number of esters is 1. The van der Waals surface area contributed by atoms with Gasteiger partial charge in [-0.3, -0.25) is 29.2 Å². The van der Waals surface area contributed by atoms with Gasteiger partial charge in [0.2, 0.25) is 0 Å². The van der Waals surface area contributed by atoms with Gasteiger partial charge in [0.15, 0.2) is 5.78 Å². The predicted molar refractivity (Wildman–Crippen MR) is 156 cm³/mol. The largest absolute Gasteiger partial charge is 0.461 e. The molecule has 216 valence electrons. The van der Waals surface area contributed by atoms with Crippen LogP contribution < -0.4 is 0 Å². The number of ketones is 1. The van der Waals surface area contributed by atoms with E-state index < -0.39 is 0 Å². The molecule has 3 aromatic rings. The van der Waals surface area contributed by atoms with E-state index in [-0.39, 0.29) is 43.8 Å². The topological polar surface area (TPSA) is 103 Å². The molecule has 2 aliphatic heterocycles. The second-order valence-electron chi connectivity index (χ2n) is 10.7. The molecule has 1 N–H and O–H groups in total. The van der Waals surface area contributed by atoms with E-state index in [2.05, 4.69) is 9.80 Å². The van der Waals surface area contributed by atoms with Gasteiger partial charge in [0.05, 0.1) is 24.2 Å². The SMILES string of the molecule is CC(=O)OCc1ccc(Cl)cc1CC(=O)CN1CCc2nc3ccccc3c(C(=O)N3CCN(CCO)CC3)c2C1. The quantitative estimate of drug-likeness (QED) is 0.387. The van der Waals surface area contributed by atoms with Crippen molar-refractivity contribution in [2.24, 2.45) is 0 Å². The third kappa shape index (κ3) is 6.93. The first-order valence-electron chi connectivity index (χ1n) is 14.0. The molecule has 9 nitrogen and oxygen atoms in total. The lowest BCUT2D eigenvalue weighted by molar-refractivity contribution is -0.142. The summed E-state index contributed by atoms with van der Waals surface area (Å²) in [5.74, 6) is -0.380. The van der Waals surface area contributed by atoms with E-state index in [0.29, 0.717) is 49.7 Å². The maximum absolute atomic E-state index is 14.0. The molecule has 10 heteroatoms. The van der Waals surface area contributed by atoms with Gasteiger partial charge in [-0.2, -0.15) is 0 Å². The lowest BCUT2D eigenvalue weighted by atomic mass is 9.94. The van der Waals surface area contributed by atoms with Crippen molar-refractivity contribution >= 4 is 40.2 Å².